The van der Waals surface area contributed by atoms with Crippen molar-refractivity contribution in [2.24, 2.45) is 0 Å². The molecule has 0 aliphatic rings. The van der Waals surface area contributed by atoms with Gasteiger partial charge in [-0.1, -0.05) is 6.07 Å². The number of hydrogen-bond acceptors (Lipinski definition) is 3. The number of rotatable bonds is 6. The molecule has 0 fully saturated rings. The summed E-state index contributed by atoms with van der Waals surface area (Å²) in [6.07, 6.45) is 2.28. The lowest BCUT2D eigenvalue weighted by Gasteiger charge is -2.19. The monoisotopic (exact) mass is 346 g/mol. The molecule has 2 rings (SSSR count). The molecule has 6 heteroatoms. The fourth-order valence-electron chi connectivity index (χ4n) is 2.78. The van der Waals surface area contributed by atoms with E-state index in [9.17, 15) is 9.59 Å². The number of carboxylic acids is 1. The number of ether oxygens (including phenoxy) is 1. The molecule has 0 unspecified atom stereocenters. The van der Waals surface area contributed by atoms with E-state index in [0.29, 0.717) is 13.0 Å². The number of alkyl carbamates (subject to hydrolysis) is 1. The molecule has 136 valence electrons. The highest BCUT2D eigenvalue weighted by Crippen LogP contribution is 2.24. The van der Waals surface area contributed by atoms with Crippen molar-refractivity contribution in [2.45, 2.75) is 52.7 Å². The van der Waals surface area contributed by atoms with Crippen LogP contribution >= 0.6 is 0 Å². The molecule has 0 saturated carbocycles. The number of aromatic nitrogens is 1. The molecule has 0 saturated heterocycles. The van der Waals surface area contributed by atoms with Crippen LogP contribution in [0.5, 0.6) is 0 Å². The number of carbonyl (C=O) groups excluding carboxylic acids is 1. The van der Waals surface area contributed by atoms with Crippen molar-refractivity contribution in [2.75, 3.05) is 6.54 Å². The van der Waals surface area contributed by atoms with Gasteiger partial charge in [-0.3, -0.25) is 4.79 Å². The Morgan fingerprint density at radius 3 is 2.60 bits per heavy atom. The highest BCUT2D eigenvalue weighted by molar-refractivity contribution is 5.86. The number of benzene rings is 1. The van der Waals surface area contributed by atoms with Crippen molar-refractivity contribution in [3.05, 3.63) is 35.5 Å². The number of amides is 1. The summed E-state index contributed by atoms with van der Waals surface area (Å²) >= 11 is 0. The molecule has 1 heterocycles. The minimum absolute atomic E-state index is 0.00282. The number of carboxylic acid groups (broad SMARTS) is 1. The first kappa shape index (κ1) is 18.8. The summed E-state index contributed by atoms with van der Waals surface area (Å²) in [5.41, 5.74) is 2.41. The largest absolute Gasteiger partial charge is 0.481 e. The van der Waals surface area contributed by atoms with Gasteiger partial charge in [0.05, 0.1) is 6.42 Å². The van der Waals surface area contributed by atoms with Crippen LogP contribution in [0.15, 0.2) is 24.4 Å². The number of fused-ring (bicyclic) bond motifs is 1. The third-order valence-electron chi connectivity index (χ3n) is 3.79. The van der Waals surface area contributed by atoms with Crippen LogP contribution in [0.1, 0.15) is 38.8 Å². The van der Waals surface area contributed by atoms with Gasteiger partial charge in [0, 0.05) is 30.2 Å². The van der Waals surface area contributed by atoms with Crippen molar-refractivity contribution in [1.82, 2.24) is 9.88 Å². The highest BCUT2D eigenvalue weighted by Gasteiger charge is 2.16. The Morgan fingerprint density at radius 1 is 1.28 bits per heavy atom. The van der Waals surface area contributed by atoms with Crippen LogP contribution < -0.4 is 5.32 Å². The summed E-state index contributed by atoms with van der Waals surface area (Å²) in [5, 5.41) is 12.8. The Balaban J connectivity index is 2.13. The fourth-order valence-corrected chi connectivity index (χ4v) is 2.78. The first-order valence-corrected chi connectivity index (χ1v) is 8.49. The summed E-state index contributed by atoms with van der Waals surface area (Å²) in [7, 11) is 0. The first-order chi connectivity index (χ1) is 11.7. The number of aliphatic carboxylic acids is 1. The molecule has 0 spiro atoms. The van der Waals surface area contributed by atoms with Crippen molar-refractivity contribution >= 4 is 23.0 Å². The maximum absolute atomic E-state index is 11.7. The van der Waals surface area contributed by atoms with E-state index in [4.69, 9.17) is 9.84 Å². The Morgan fingerprint density at radius 2 is 2.00 bits per heavy atom. The maximum Gasteiger partial charge on any atom is 0.407 e. The van der Waals surface area contributed by atoms with E-state index >= 15 is 0 Å². The molecule has 1 aromatic carbocycles. The van der Waals surface area contributed by atoms with Gasteiger partial charge in [0.1, 0.15) is 5.60 Å². The Hall–Kier alpha value is -2.50. The molecule has 2 aromatic rings. The van der Waals surface area contributed by atoms with Gasteiger partial charge in [0.25, 0.3) is 0 Å². The minimum atomic E-state index is -0.845. The molecule has 0 aliphatic heterocycles. The third kappa shape index (κ3) is 5.24. The number of nitrogens with zero attached hydrogens (tertiary/aromatic N) is 1. The number of aryl methyl sites for hydroxylation is 1. The number of carbonyl (C=O) groups is 2. The summed E-state index contributed by atoms with van der Waals surface area (Å²) < 4.78 is 7.36. The zero-order valence-electron chi connectivity index (χ0n) is 15.3. The zero-order chi connectivity index (χ0) is 18.6. The molecular weight excluding hydrogens is 320 g/mol. The van der Waals surface area contributed by atoms with Crippen LogP contribution in [-0.4, -0.2) is 33.9 Å². The second kappa shape index (κ2) is 7.59. The number of nitrogens with one attached hydrogen (secondary N) is 1. The second-order valence-corrected chi connectivity index (χ2v) is 7.04. The van der Waals surface area contributed by atoms with Gasteiger partial charge in [-0.05, 0) is 57.4 Å². The standard InChI is InChI=1S/C19H26N2O4/c1-5-21-12-14(8-9-20-18(24)25-19(2,3)4)15-10-13(11-17(22)23)6-7-16(15)21/h6-7,10,12H,5,8-9,11H2,1-4H3,(H,20,24)(H,22,23). The summed E-state index contributed by atoms with van der Waals surface area (Å²) in [5.74, 6) is -0.845. The van der Waals surface area contributed by atoms with E-state index in [-0.39, 0.29) is 6.42 Å². The van der Waals surface area contributed by atoms with Crippen LogP contribution in [0, 0.1) is 0 Å². The van der Waals surface area contributed by atoms with E-state index in [1.165, 1.54) is 0 Å². The Kier molecular flexibility index (Phi) is 5.72. The van der Waals surface area contributed by atoms with Crippen LogP contribution in [0.3, 0.4) is 0 Å². The van der Waals surface area contributed by atoms with Crippen LogP contribution in [0.4, 0.5) is 4.79 Å². The van der Waals surface area contributed by atoms with Crippen LogP contribution in [-0.2, 0) is 28.9 Å². The molecule has 1 aromatic heterocycles. The van der Waals surface area contributed by atoms with Crippen molar-refractivity contribution in [3.63, 3.8) is 0 Å². The average molecular weight is 346 g/mol. The lowest BCUT2D eigenvalue weighted by molar-refractivity contribution is -0.136. The van der Waals surface area contributed by atoms with Gasteiger partial charge in [0.15, 0.2) is 0 Å². The number of hydrogen-bond donors (Lipinski definition) is 2. The van der Waals surface area contributed by atoms with Gasteiger partial charge >= 0.3 is 12.1 Å². The van der Waals surface area contributed by atoms with Crippen molar-refractivity contribution in [1.29, 1.82) is 0 Å². The first-order valence-electron chi connectivity index (χ1n) is 8.49. The van der Waals surface area contributed by atoms with E-state index in [2.05, 4.69) is 23.0 Å². The van der Waals surface area contributed by atoms with Gasteiger partial charge in [0.2, 0.25) is 0 Å². The fraction of sp³-hybridized carbons (Fsp3) is 0.474. The van der Waals surface area contributed by atoms with Crippen molar-refractivity contribution < 1.29 is 19.4 Å². The SMILES string of the molecule is CCn1cc(CCNC(=O)OC(C)(C)C)c2cc(CC(=O)O)ccc21. The van der Waals surface area contributed by atoms with E-state index in [1.807, 2.05) is 39.0 Å². The molecular formula is C19H26N2O4. The average Bonchev–Trinajstić information content (AvgIpc) is 2.82. The maximum atomic E-state index is 11.7. The Labute approximate surface area is 147 Å². The summed E-state index contributed by atoms with van der Waals surface area (Å²) in [6, 6.07) is 5.74. The van der Waals surface area contributed by atoms with Crippen LogP contribution in [0.2, 0.25) is 0 Å². The summed E-state index contributed by atoms with van der Waals surface area (Å²) in [4.78, 5) is 22.7. The van der Waals surface area contributed by atoms with Gasteiger partial charge in [-0.2, -0.15) is 0 Å². The topological polar surface area (TPSA) is 80.6 Å². The lowest BCUT2D eigenvalue weighted by atomic mass is 10.1. The zero-order valence-corrected chi connectivity index (χ0v) is 15.3. The lowest BCUT2D eigenvalue weighted by Crippen LogP contribution is -2.33. The van der Waals surface area contributed by atoms with Crippen molar-refractivity contribution in [3.8, 4) is 0 Å². The Bertz CT molecular complexity index is 772. The van der Waals surface area contributed by atoms with E-state index in [1.54, 1.807) is 0 Å². The van der Waals surface area contributed by atoms with E-state index < -0.39 is 17.7 Å². The van der Waals surface area contributed by atoms with Gasteiger partial charge in [-0.25, -0.2) is 4.79 Å². The predicted octanol–water partition coefficient (Wildman–Crippen LogP) is 3.36. The molecule has 0 bridgehead atoms. The normalized spacial score (nSPS) is 11.5. The smallest absolute Gasteiger partial charge is 0.407 e. The van der Waals surface area contributed by atoms with E-state index in [0.717, 1.165) is 28.6 Å². The van der Waals surface area contributed by atoms with Gasteiger partial charge < -0.3 is 19.7 Å². The molecule has 1 amide bonds. The minimum Gasteiger partial charge on any atom is -0.481 e. The molecule has 0 radical (unpaired) electrons. The molecule has 0 aliphatic carbocycles. The molecule has 0 atom stereocenters. The third-order valence-corrected chi connectivity index (χ3v) is 3.79. The second-order valence-electron chi connectivity index (χ2n) is 7.04. The van der Waals surface area contributed by atoms with Crippen LogP contribution in [0.25, 0.3) is 10.9 Å². The molecule has 25 heavy (non-hydrogen) atoms. The molecule has 2 N–H and O–H groups in total. The molecule has 6 nitrogen and oxygen atoms in total. The highest BCUT2D eigenvalue weighted by atomic mass is 16.6. The quantitative estimate of drug-likeness (QED) is 0.840. The predicted molar refractivity (Wildman–Crippen MR) is 96.9 cm³/mol. The van der Waals surface area contributed by atoms with Gasteiger partial charge in [-0.15, -0.1) is 0 Å². The summed E-state index contributed by atoms with van der Waals surface area (Å²) in [6.45, 7) is 8.82.